The number of carboxylic acid groups (broad SMARTS) is 1. The topological polar surface area (TPSA) is 40.5 Å². The molecule has 0 spiro atoms. The molecule has 2 rings (SSSR count). The Morgan fingerprint density at radius 1 is 1.50 bits per heavy atom. The van der Waals surface area contributed by atoms with E-state index in [9.17, 15) is 4.79 Å². The minimum Gasteiger partial charge on any atom is -0.478 e. The van der Waals surface area contributed by atoms with E-state index in [4.69, 9.17) is 5.11 Å². The van der Waals surface area contributed by atoms with Crippen LogP contribution < -0.4 is 4.90 Å². The first kappa shape index (κ1) is 9.06. The summed E-state index contributed by atoms with van der Waals surface area (Å²) in [5.74, 6) is -0.846. The number of benzene rings is 1. The van der Waals surface area contributed by atoms with Crippen LogP contribution in [-0.2, 0) is 6.42 Å². The highest BCUT2D eigenvalue weighted by Gasteiger charge is 2.15. The second-order valence-electron chi connectivity index (χ2n) is 3.67. The summed E-state index contributed by atoms with van der Waals surface area (Å²) in [5.41, 5.74) is 2.71. The maximum Gasteiger partial charge on any atom is 0.335 e. The van der Waals surface area contributed by atoms with Gasteiger partial charge in [-0.05, 0) is 36.6 Å². The van der Waals surface area contributed by atoms with Crippen molar-refractivity contribution >= 4 is 11.7 Å². The summed E-state index contributed by atoms with van der Waals surface area (Å²) in [6.45, 7) is 1.05. The van der Waals surface area contributed by atoms with Crippen molar-refractivity contribution in [1.82, 2.24) is 0 Å². The Morgan fingerprint density at radius 2 is 2.29 bits per heavy atom. The second kappa shape index (κ2) is 3.33. The molecule has 3 nitrogen and oxygen atoms in total. The van der Waals surface area contributed by atoms with Gasteiger partial charge in [0.15, 0.2) is 0 Å². The molecular formula is C11H13NO2. The first-order valence-electron chi connectivity index (χ1n) is 4.76. The Balaban J connectivity index is 2.44. The van der Waals surface area contributed by atoms with E-state index in [2.05, 4.69) is 4.90 Å². The standard InChI is InChI=1S/C11H13NO2/c1-12-6-2-3-8-7-9(11(13)14)4-5-10(8)12/h4-5,7H,2-3,6H2,1H3,(H,13,14). The molecule has 3 heteroatoms. The molecular weight excluding hydrogens is 178 g/mol. The minimum absolute atomic E-state index is 0.388. The van der Waals surface area contributed by atoms with Gasteiger partial charge in [-0.1, -0.05) is 0 Å². The molecule has 0 saturated carbocycles. The molecule has 0 radical (unpaired) electrons. The fourth-order valence-electron chi connectivity index (χ4n) is 1.92. The molecule has 1 aliphatic rings. The lowest BCUT2D eigenvalue weighted by molar-refractivity contribution is 0.0697. The molecule has 0 saturated heterocycles. The Hall–Kier alpha value is -1.51. The third kappa shape index (κ3) is 1.45. The number of hydrogen-bond acceptors (Lipinski definition) is 2. The van der Waals surface area contributed by atoms with Gasteiger partial charge in [0.2, 0.25) is 0 Å². The Bertz CT molecular complexity index is 374. The van der Waals surface area contributed by atoms with E-state index >= 15 is 0 Å². The van der Waals surface area contributed by atoms with Gasteiger partial charge < -0.3 is 10.0 Å². The smallest absolute Gasteiger partial charge is 0.335 e. The molecule has 0 aromatic heterocycles. The quantitative estimate of drug-likeness (QED) is 0.735. The van der Waals surface area contributed by atoms with Crippen molar-refractivity contribution in [2.75, 3.05) is 18.5 Å². The highest BCUT2D eigenvalue weighted by molar-refractivity contribution is 5.88. The number of carboxylic acids is 1. The van der Waals surface area contributed by atoms with Crippen molar-refractivity contribution in [2.24, 2.45) is 0 Å². The van der Waals surface area contributed by atoms with Crippen LogP contribution in [0.25, 0.3) is 0 Å². The highest BCUT2D eigenvalue weighted by Crippen LogP contribution is 2.26. The first-order valence-corrected chi connectivity index (χ1v) is 4.76. The summed E-state index contributed by atoms with van der Waals surface area (Å²) in [6.07, 6.45) is 2.09. The van der Waals surface area contributed by atoms with Crippen LogP contribution in [0.3, 0.4) is 0 Å². The van der Waals surface area contributed by atoms with E-state index in [1.807, 2.05) is 13.1 Å². The molecule has 1 heterocycles. The summed E-state index contributed by atoms with van der Waals surface area (Å²) < 4.78 is 0. The van der Waals surface area contributed by atoms with Gasteiger partial charge in [0, 0.05) is 19.3 Å². The monoisotopic (exact) mass is 191 g/mol. The van der Waals surface area contributed by atoms with Crippen LogP contribution in [0, 0.1) is 0 Å². The van der Waals surface area contributed by atoms with E-state index in [0.29, 0.717) is 5.56 Å². The normalized spacial score (nSPS) is 15.1. The average molecular weight is 191 g/mol. The lowest BCUT2D eigenvalue weighted by Gasteiger charge is -2.27. The number of fused-ring (bicyclic) bond motifs is 1. The van der Waals surface area contributed by atoms with Gasteiger partial charge in [-0.25, -0.2) is 4.79 Å². The molecule has 0 fully saturated rings. The van der Waals surface area contributed by atoms with Gasteiger partial charge in [0.05, 0.1) is 5.56 Å². The molecule has 1 N–H and O–H groups in total. The molecule has 74 valence electrons. The predicted octanol–water partition coefficient (Wildman–Crippen LogP) is 1.77. The number of aromatic carboxylic acids is 1. The van der Waals surface area contributed by atoms with Gasteiger partial charge in [-0.15, -0.1) is 0 Å². The summed E-state index contributed by atoms with van der Waals surface area (Å²) in [5, 5.41) is 8.84. The zero-order valence-corrected chi connectivity index (χ0v) is 8.16. The van der Waals surface area contributed by atoms with E-state index in [-0.39, 0.29) is 0 Å². The summed E-state index contributed by atoms with van der Waals surface area (Å²) >= 11 is 0. The van der Waals surface area contributed by atoms with Crippen LogP contribution in [0.2, 0.25) is 0 Å². The Morgan fingerprint density at radius 3 is 3.00 bits per heavy atom. The van der Waals surface area contributed by atoms with Crippen LogP contribution in [0.4, 0.5) is 5.69 Å². The number of aryl methyl sites for hydroxylation is 1. The van der Waals surface area contributed by atoms with Crippen molar-refractivity contribution in [1.29, 1.82) is 0 Å². The fourth-order valence-corrected chi connectivity index (χ4v) is 1.92. The number of anilines is 1. The molecule has 14 heavy (non-hydrogen) atoms. The number of nitrogens with zero attached hydrogens (tertiary/aromatic N) is 1. The zero-order valence-electron chi connectivity index (χ0n) is 8.16. The predicted molar refractivity (Wildman–Crippen MR) is 55.0 cm³/mol. The van der Waals surface area contributed by atoms with Gasteiger partial charge in [0.1, 0.15) is 0 Å². The number of carbonyl (C=O) groups is 1. The molecule has 0 atom stereocenters. The third-order valence-corrected chi connectivity index (χ3v) is 2.68. The van der Waals surface area contributed by atoms with Crippen LogP contribution >= 0.6 is 0 Å². The van der Waals surface area contributed by atoms with E-state index in [1.54, 1.807) is 12.1 Å². The maximum atomic E-state index is 10.8. The second-order valence-corrected chi connectivity index (χ2v) is 3.67. The van der Waals surface area contributed by atoms with Gasteiger partial charge in [-0.3, -0.25) is 0 Å². The molecule has 0 unspecified atom stereocenters. The number of hydrogen-bond donors (Lipinski definition) is 1. The van der Waals surface area contributed by atoms with Crippen LogP contribution in [0.5, 0.6) is 0 Å². The summed E-state index contributed by atoms with van der Waals surface area (Å²) in [6, 6.07) is 5.36. The molecule has 1 aliphatic heterocycles. The van der Waals surface area contributed by atoms with Gasteiger partial charge in [0.25, 0.3) is 0 Å². The van der Waals surface area contributed by atoms with Gasteiger partial charge >= 0.3 is 5.97 Å². The number of rotatable bonds is 1. The Labute approximate surface area is 83.0 Å². The summed E-state index contributed by atoms with van der Waals surface area (Å²) in [4.78, 5) is 12.9. The zero-order chi connectivity index (χ0) is 10.1. The lowest BCUT2D eigenvalue weighted by Crippen LogP contribution is -2.24. The molecule has 1 aromatic rings. The first-order chi connectivity index (χ1) is 6.68. The van der Waals surface area contributed by atoms with Crippen LogP contribution in [0.15, 0.2) is 18.2 Å². The van der Waals surface area contributed by atoms with E-state index < -0.39 is 5.97 Å². The van der Waals surface area contributed by atoms with Crippen LogP contribution in [0.1, 0.15) is 22.3 Å². The lowest BCUT2D eigenvalue weighted by atomic mass is 10.00. The van der Waals surface area contributed by atoms with E-state index in [1.165, 1.54) is 5.69 Å². The van der Waals surface area contributed by atoms with Gasteiger partial charge in [-0.2, -0.15) is 0 Å². The minimum atomic E-state index is -0.846. The van der Waals surface area contributed by atoms with Crippen LogP contribution in [-0.4, -0.2) is 24.7 Å². The average Bonchev–Trinajstić information content (AvgIpc) is 2.17. The van der Waals surface area contributed by atoms with Crippen molar-refractivity contribution in [3.8, 4) is 0 Å². The van der Waals surface area contributed by atoms with Crippen molar-refractivity contribution in [2.45, 2.75) is 12.8 Å². The third-order valence-electron chi connectivity index (χ3n) is 2.68. The van der Waals surface area contributed by atoms with E-state index in [0.717, 1.165) is 24.9 Å². The summed E-state index contributed by atoms with van der Waals surface area (Å²) in [7, 11) is 2.04. The molecule has 1 aromatic carbocycles. The fraction of sp³-hybridized carbons (Fsp3) is 0.364. The molecule has 0 aliphatic carbocycles. The highest BCUT2D eigenvalue weighted by atomic mass is 16.4. The maximum absolute atomic E-state index is 10.8. The Kier molecular flexibility index (Phi) is 2.15. The SMILES string of the molecule is CN1CCCc2cc(C(=O)O)ccc21. The van der Waals surface area contributed by atoms with Crippen molar-refractivity contribution in [3.63, 3.8) is 0 Å². The molecule has 0 amide bonds. The van der Waals surface area contributed by atoms with Crippen molar-refractivity contribution < 1.29 is 9.90 Å². The van der Waals surface area contributed by atoms with Crippen molar-refractivity contribution in [3.05, 3.63) is 29.3 Å². The largest absolute Gasteiger partial charge is 0.478 e. The molecule has 0 bridgehead atoms.